The summed E-state index contributed by atoms with van der Waals surface area (Å²) in [5, 5.41) is 15.9. The SMILES string of the molecule is CC(Oc1ccc2c(-c3ccccc3)cc(=O)oc2c1)C(=O)NC(Cc1c[nH]c2ccccc12)C(=O)[O-]. The number of para-hydroxylation sites is 1. The molecule has 0 radical (unpaired) electrons. The summed E-state index contributed by atoms with van der Waals surface area (Å²) in [5.41, 5.74) is 3.00. The molecule has 37 heavy (non-hydrogen) atoms. The van der Waals surface area contributed by atoms with E-state index in [1.807, 2.05) is 54.6 Å². The van der Waals surface area contributed by atoms with Gasteiger partial charge < -0.3 is 29.4 Å². The third kappa shape index (κ3) is 5.08. The van der Waals surface area contributed by atoms with Gasteiger partial charge in [-0.05, 0) is 41.8 Å². The Morgan fingerprint density at radius 1 is 1.00 bits per heavy atom. The number of nitrogens with one attached hydrogen (secondary N) is 2. The lowest BCUT2D eigenvalue weighted by Gasteiger charge is -2.22. The topological polar surface area (TPSA) is 124 Å². The van der Waals surface area contributed by atoms with Crippen molar-refractivity contribution in [2.24, 2.45) is 0 Å². The maximum absolute atomic E-state index is 12.8. The van der Waals surface area contributed by atoms with Crippen LogP contribution >= 0.6 is 0 Å². The number of carboxylic acid groups (broad SMARTS) is 1. The molecule has 8 heteroatoms. The molecule has 2 unspecified atom stereocenters. The van der Waals surface area contributed by atoms with Crippen LogP contribution < -0.4 is 20.8 Å². The van der Waals surface area contributed by atoms with Gasteiger partial charge in [-0.1, -0.05) is 48.5 Å². The highest BCUT2D eigenvalue weighted by Gasteiger charge is 2.22. The molecular formula is C29H23N2O6-. The molecule has 0 spiro atoms. The number of fused-ring (bicyclic) bond motifs is 2. The highest BCUT2D eigenvalue weighted by atomic mass is 16.5. The zero-order valence-corrected chi connectivity index (χ0v) is 19.9. The number of aliphatic carboxylic acids is 1. The largest absolute Gasteiger partial charge is 0.548 e. The van der Waals surface area contributed by atoms with Crippen LogP contribution in [-0.4, -0.2) is 29.0 Å². The van der Waals surface area contributed by atoms with E-state index < -0.39 is 29.6 Å². The fourth-order valence-electron chi connectivity index (χ4n) is 4.33. The van der Waals surface area contributed by atoms with Crippen LogP contribution in [0.4, 0.5) is 0 Å². The first-order valence-corrected chi connectivity index (χ1v) is 11.8. The first-order valence-electron chi connectivity index (χ1n) is 11.8. The number of aromatic amines is 1. The summed E-state index contributed by atoms with van der Waals surface area (Å²) in [4.78, 5) is 39.9. The number of benzene rings is 3. The Labute approximate surface area is 211 Å². The fourth-order valence-corrected chi connectivity index (χ4v) is 4.33. The number of rotatable bonds is 8. The summed E-state index contributed by atoms with van der Waals surface area (Å²) < 4.78 is 11.1. The van der Waals surface area contributed by atoms with E-state index in [-0.39, 0.29) is 6.42 Å². The van der Waals surface area contributed by atoms with Crippen molar-refractivity contribution < 1.29 is 23.8 Å². The van der Waals surface area contributed by atoms with Crippen molar-refractivity contribution in [1.82, 2.24) is 10.3 Å². The molecule has 186 valence electrons. The second-order valence-corrected chi connectivity index (χ2v) is 8.71. The number of carbonyl (C=O) groups is 2. The molecule has 1 amide bonds. The van der Waals surface area contributed by atoms with Crippen molar-refractivity contribution in [2.75, 3.05) is 0 Å². The van der Waals surface area contributed by atoms with Crippen molar-refractivity contribution in [3.05, 3.63) is 101 Å². The van der Waals surface area contributed by atoms with Gasteiger partial charge >= 0.3 is 5.63 Å². The van der Waals surface area contributed by atoms with E-state index in [9.17, 15) is 19.5 Å². The molecule has 3 aromatic carbocycles. The van der Waals surface area contributed by atoms with E-state index >= 15 is 0 Å². The predicted molar refractivity (Wildman–Crippen MR) is 137 cm³/mol. The Morgan fingerprint density at radius 3 is 2.54 bits per heavy atom. The maximum atomic E-state index is 12.8. The number of ether oxygens (including phenoxy) is 1. The van der Waals surface area contributed by atoms with Crippen molar-refractivity contribution in [1.29, 1.82) is 0 Å². The summed E-state index contributed by atoms with van der Waals surface area (Å²) in [6.45, 7) is 1.51. The summed E-state index contributed by atoms with van der Waals surface area (Å²) in [7, 11) is 0. The molecule has 5 aromatic rings. The second kappa shape index (κ2) is 10.0. The van der Waals surface area contributed by atoms with Crippen LogP contribution in [0.15, 0.2) is 94.3 Å². The number of hydrogen-bond acceptors (Lipinski definition) is 6. The van der Waals surface area contributed by atoms with Crippen molar-refractivity contribution >= 4 is 33.7 Å². The standard InChI is InChI=1S/C29H24N2O6/c1-17(28(33)31-25(29(34)35)13-19-16-30-24-10-6-5-9-21(19)24)36-20-11-12-22-23(18-7-3-2-4-8-18)15-27(32)37-26(22)14-20/h2-12,14-17,25,30H,13H2,1H3,(H,31,33)(H,34,35)/p-1. The number of aromatic nitrogens is 1. The number of amides is 1. The second-order valence-electron chi connectivity index (χ2n) is 8.71. The zero-order chi connectivity index (χ0) is 25.9. The molecule has 0 aliphatic carbocycles. The molecule has 0 aliphatic heterocycles. The fraction of sp³-hybridized carbons (Fsp3) is 0.138. The summed E-state index contributed by atoms with van der Waals surface area (Å²) >= 11 is 0. The maximum Gasteiger partial charge on any atom is 0.336 e. The van der Waals surface area contributed by atoms with Crippen LogP contribution in [-0.2, 0) is 16.0 Å². The van der Waals surface area contributed by atoms with Crippen molar-refractivity contribution in [3.8, 4) is 16.9 Å². The number of carbonyl (C=O) groups excluding carboxylic acids is 2. The third-order valence-corrected chi connectivity index (χ3v) is 6.18. The summed E-state index contributed by atoms with van der Waals surface area (Å²) in [6, 6.07) is 22.1. The summed E-state index contributed by atoms with van der Waals surface area (Å²) in [5.74, 6) is -1.72. The molecule has 8 nitrogen and oxygen atoms in total. The Kier molecular flexibility index (Phi) is 6.47. The van der Waals surface area contributed by atoms with E-state index in [0.717, 1.165) is 27.6 Å². The Bertz CT molecular complexity index is 1650. The normalized spacial score (nSPS) is 12.8. The highest BCUT2D eigenvalue weighted by Crippen LogP contribution is 2.30. The number of H-pyrrole nitrogens is 1. The third-order valence-electron chi connectivity index (χ3n) is 6.18. The van der Waals surface area contributed by atoms with Gasteiger partial charge in [0.05, 0.1) is 12.0 Å². The van der Waals surface area contributed by atoms with E-state index in [1.165, 1.54) is 19.1 Å². The van der Waals surface area contributed by atoms with E-state index in [0.29, 0.717) is 16.7 Å². The summed E-state index contributed by atoms with van der Waals surface area (Å²) in [6.07, 6.45) is 0.749. The van der Waals surface area contributed by atoms with Crippen LogP contribution in [0.5, 0.6) is 5.75 Å². The van der Waals surface area contributed by atoms with Gasteiger partial charge in [0.15, 0.2) is 6.10 Å². The quantitative estimate of drug-likeness (QED) is 0.319. The number of carboxylic acids is 1. The molecule has 5 rings (SSSR count). The van der Waals surface area contributed by atoms with Gasteiger partial charge in [0.1, 0.15) is 11.3 Å². The Balaban J connectivity index is 1.32. The lowest BCUT2D eigenvalue weighted by atomic mass is 10.0. The molecule has 0 saturated carbocycles. The molecular weight excluding hydrogens is 472 g/mol. The van der Waals surface area contributed by atoms with Gasteiger partial charge in [0.2, 0.25) is 0 Å². The molecule has 2 aromatic heterocycles. The Hall–Kier alpha value is -4.85. The monoisotopic (exact) mass is 495 g/mol. The van der Waals surface area contributed by atoms with Gasteiger partial charge in [-0.3, -0.25) is 4.79 Å². The van der Waals surface area contributed by atoms with E-state index in [4.69, 9.17) is 9.15 Å². The van der Waals surface area contributed by atoms with Crippen molar-refractivity contribution in [2.45, 2.75) is 25.5 Å². The minimum atomic E-state index is -1.40. The highest BCUT2D eigenvalue weighted by molar-refractivity contribution is 5.94. The van der Waals surface area contributed by atoms with Gasteiger partial charge in [0, 0.05) is 41.0 Å². The van der Waals surface area contributed by atoms with Crippen molar-refractivity contribution in [3.63, 3.8) is 0 Å². The molecule has 2 N–H and O–H groups in total. The van der Waals surface area contributed by atoms with E-state index in [2.05, 4.69) is 10.3 Å². The molecule has 0 saturated heterocycles. The van der Waals surface area contributed by atoms with Gasteiger partial charge in [-0.15, -0.1) is 0 Å². The van der Waals surface area contributed by atoms with E-state index in [1.54, 1.807) is 18.3 Å². The molecule has 0 fully saturated rings. The lowest BCUT2D eigenvalue weighted by molar-refractivity contribution is -0.308. The van der Waals surface area contributed by atoms with Crippen LogP contribution in [0.1, 0.15) is 12.5 Å². The van der Waals surface area contributed by atoms with Crippen LogP contribution in [0.2, 0.25) is 0 Å². The van der Waals surface area contributed by atoms with Gasteiger partial charge in [0.25, 0.3) is 5.91 Å². The Morgan fingerprint density at radius 2 is 1.76 bits per heavy atom. The number of hydrogen-bond donors (Lipinski definition) is 2. The average molecular weight is 496 g/mol. The smallest absolute Gasteiger partial charge is 0.336 e. The minimum absolute atomic E-state index is 0.0498. The predicted octanol–water partition coefficient (Wildman–Crippen LogP) is 3.19. The van der Waals surface area contributed by atoms with Gasteiger partial charge in [-0.25, -0.2) is 4.79 Å². The zero-order valence-electron chi connectivity index (χ0n) is 19.9. The average Bonchev–Trinajstić information content (AvgIpc) is 3.30. The first-order chi connectivity index (χ1) is 17.9. The van der Waals surface area contributed by atoms with Crippen LogP contribution in [0.25, 0.3) is 33.0 Å². The van der Waals surface area contributed by atoms with Crippen LogP contribution in [0, 0.1) is 0 Å². The minimum Gasteiger partial charge on any atom is -0.548 e. The molecule has 2 atom stereocenters. The molecule has 0 aliphatic rings. The first kappa shape index (κ1) is 23.9. The van der Waals surface area contributed by atoms with Crippen LogP contribution in [0.3, 0.4) is 0 Å². The lowest BCUT2D eigenvalue weighted by Crippen LogP contribution is -2.52. The molecule has 2 heterocycles. The van der Waals surface area contributed by atoms with Gasteiger partial charge in [-0.2, -0.15) is 0 Å². The molecule has 0 bridgehead atoms.